The second kappa shape index (κ2) is 8.24. The molecule has 1 atom stereocenters. The fourth-order valence-corrected chi connectivity index (χ4v) is 4.15. The molecule has 1 saturated heterocycles. The average molecular weight is 475 g/mol. The number of hydrogen-bond donors (Lipinski definition) is 4. The molecule has 1 aliphatic rings. The Bertz CT molecular complexity index is 1090. The van der Waals surface area contributed by atoms with E-state index < -0.39 is 12.0 Å². The number of nitrogens with zero attached hydrogens (tertiary/aromatic N) is 5. The predicted octanol–water partition coefficient (Wildman–Crippen LogP) is 2.19. The fourth-order valence-electron chi connectivity index (χ4n) is 3.60. The van der Waals surface area contributed by atoms with E-state index in [0.29, 0.717) is 36.2 Å². The number of rotatable bonds is 4. The van der Waals surface area contributed by atoms with E-state index in [-0.39, 0.29) is 11.9 Å². The number of anilines is 2. The molecule has 3 aromatic rings. The van der Waals surface area contributed by atoms with Crippen LogP contribution in [0.2, 0.25) is 0 Å². The third-order valence-electron chi connectivity index (χ3n) is 4.97. The summed E-state index contributed by atoms with van der Waals surface area (Å²) in [7, 11) is 0. The van der Waals surface area contributed by atoms with Crippen molar-refractivity contribution in [1.29, 1.82) is 0 Å². The van der Waals surface area contributed by atoms with Gasteiger partial charge in [0.15, 0.2) is 0 Å². The highest BCUT2D eigenvalue weighted by molar-refractivity contribution is 9.10. The summed E-state index contributed by atoms with van der Waals surface area (Å²) in [5.74, 6) is 5.33. The van der Waals surface area contributed by atoms with Crippen molar-refractivity contribution in [3.63, 3.8) is 0 Å². The summed E-state index contributed by atoms with van der Waals surface area (Å²) in [5.41, 5.74) is 1.91. The molecule has 0 saturated carbocycles. The van der Waals surface area contributed by atoms with Gasteiger partial charge in [-0.1, -0.05) is 0 Å². The molecule has 0 bridgehead atoms. The van der Waals surface area contributed by atoms with Crippen molar-refractivity contribution in [2.45, 2.75) is 18.9 Å². The first-order valence-electron chi connectivity index (χ1n) is 9.21. The van der Waals surface area contributed by atoms with Gasteiger partial charge in [0.05, 0.1) is 27.3 Å². The van der Waals surface area contributed by atoms with E-state index in [1.165, 1.54) is 12.4 Å². The zero-order valence-corrected chi connectivity index (χ0v) is 17.3. The summed E-state index contributed by atoms with van der Waals surface area (Å²) < 4.78 is 0.723. The quantitative estimate of drug-likeness (QED) is 0.255. The molecule has 5 N–H and O–H groups in total. The van der Waals surface area contributed by atoms with E-state index in [0.717, 1.165) is 21.6 Å². The molecule has 4 heterocycles. The van der Waals surface area contributed by atoms with Gasteiger partial charge in [0.2, 0.25) is 5.82 Å². The lowest BCUT2D eigenvalue weighted by molar-refractivity contribution is 0.101. The molecule has 12 heteroatoms. The maximum Gasteiger partial charge on any atom is 0.421 e. The van der Waals surface area contributed by atoms with Crippen LogP contribution < -0.4 is 16.1 Å². The number of piperidine rings is 1. The van der Waals surface area contributed by atoms with Crippen molar-refractivity contribution < 1.29 is 14.7 Å². The number of halogens is 1. The van der Waals surface area contributed by atoms with Gasteiger partial charge < -0.3 is 20.3 Å². The number of hydrogen-bond acceptors (Lipinski definition) is 7. The lowest BCUT2D eigenvalue weighted by Crippen LogP contribution is -2.53. The largest absolute Gasteiger partial charge is 0.464 e. The van der Waals surface area contributed by atoms with Crippen molar-refractivity contribution in [3.8, 4) is 0 Å². The first kappa shape index (κ1) is 20.0. The van der Waals surface area contributed by atoms with Crippen molar-refractivity contribution in [2.75, 3.05) is 23.3 Å². The number of pyridine rings is 1. The number of nitrogens with two attached hydrogens (primary N) is 1. The van der Waals surface area contributed by atoms with Crippen LogP contribution in [0.4, 0.5) is 16.2 Å². The number of carboxylic acid groups (broad SMARTS) is 1. The zero-order valence-electron chi connectivity index (χ0n) is 15.7. The minimum Gasteiger partial charge on any atom is -0.464 e. The van der Waals surface area contributed by atoms with E-state index in [2.05, 4.69) is 41.2 Å². The molecule has 2 amide bonds. The first-order valence-corrected chi connectivity index (χ1v) is 10.0. The number of H-pyrrole nitrogens is 1. The number of fused-ring (bicyclic) bond motifs is 1. The molecule has 11 nitrogen and oxygen atoms in total. The van der Waals surface area contributed by atoms with E-state index in [1.54, 1.807) is 18.5 Å². The topological polar surface area (TPSA) is 153 Å². The third kappa shape index (κ3) is 3.78. The smallest absolute Gasteiger partial charge is 0.421 e. The number of hydrazine groups is 1. The van der Waals surface area contributed by atoms with Gasteiger partial charge in [0.25, 0.3) is 5.91 Å². The summed E-state index contributed by atoms with van der Waals surface area (Å²) in [6.45, 7) is 1.13. The molecule has 0 aliphatic carbocycles. The highest BCUT2D eigenvalue weighted by Crippen LogP contribution is 2.39. The summed E-state index contributed by atoms with van der Waals surface area (Å²) in [4.78, 5) is 41.3. The van der Waals surface area contributed by atoms with Gasteiger partial charge >= 0.3 is 6.09 Å². The minimum absolute atomic E-state index is 0.0506. The van der Waals surface area contributed by atoms with Gasteiger partial charge in [-0.3, -0.25) is 4.79 Å². The predicted molar refractivity (Wildman–Crippen MR) is 113 cm³/mol. The Kier molecular flexibility index (Phi) is 5.50. The van der Waals surface area contributed by atoms with Crippen LogP contribution in [0.25, 0.3) is 11.0 Å². The van der Waals surface area contributed by atoms with Crippen LogP contribution in [0.3, 0.4) is 0 Å². The fraction of sp³-hybridized carbons (Fsp3) is 0.278. The number of aromatic nitrogens is 4. The van der Waals surface area contributed by atoms with Crippen LogP contribution in [0.15, 0.2) is 35.3 Å². The van der Waals surface area contributed by atoms with Gasteiger partial charge in [-0.25, -0.2) is 30.6 Å². The molecule has 0 unspecified atom stereocenters. The first-order chi connectivity index (χ1) is 14.5. The maximum absolute atomic E-state index is 12.6. The molecule has 0 radical (unpaired) electrons. The van der Waals surface area contributed by atoms with E-state index in [4.69, 9.17) is 5.84 Å². The van der Waals surface area contributed by atoms with Crippen molar-refractivity contribution in [1.82, 2.24) is 24.9 Å². The van der Waals surface area contributed by atoms with Crippen LogP contribution in [0, 0.1) is 0 Å². The third-order valence-corrected chi connectivity index (χ3v) is 5.55. The van der Waals surface area contributed by atoms with E-state index in [1.807, 2.05) is 4.90 Å². The second-order valence-electron chi connectivity index (χ2n) is 6.84. The normalized spacial score (nSPS) is 16.5. The number of amides is 2. The molecule has 4 rings (SSSR count). The second-order valence-corrected chi connectivity index (χ2v) is 7.69. The lowest BCUT2D eigenvalue weighted by atomic mass is 10.0. The van der Waals surface area contributed by atoms with Crippen LogP contribution in [-0.4, -0.2) is 61.2 Å². The Morgan fingerprint density at radius 1 is 1.33 bits per heavy atom. The molecule has 1 fully saturated rings. The number of carbonyl (C=O) groups is 2. The Hall–Kier alpha value is -3.25. The summed E-state index contributed by atoms with van der Waals surface area (Å²) in [6.07, 6.45) is 6.59. The molecule has 156 valence electrons. The molecule has 0 aromatic carbocycles. The number of aromatic amines is 1. The van der Waals surface area contributed by atoms with E-state index >= 15 is 0 Å². The molecule has 3 aromatic heterocycles. The summed E-state index contributed by atoms with van der Waals surface area (Å²) >= 11 is 3.55. The van der Waals surface area contributed by atoms with Gasteiger partial charge in [0, 0.05) is 37.9 Å². The van der Waals surface area contributed by atoms with Gasteiger partial charge in [0.1, 0.15) is 5.65 Å². The molecule has 0 spiro atoms. The van der Waals surface area contributed by atoms with Gasteiger partial charge in [-0.05, 0) is 34.8 Å². The SMILES string of the molecule is NN(C(=O)O)[C@@H]1CCCN(c2c(Br)cnc3[nH]cc(NC(=O)c4ncccn4)c23)C1. The van der Waals surface area contributed by atoms with E-state index in [9.17, 15) is 14.7 Å². The zero-order chi connectivity index (χ0) is 21.3. The van der Waals surface area contributed by atoms with Crippen LogP contribution in [0.1, 0.15) is 23.5 Å². The summed E-state index contributed by atoms with van der Waals surface area (Å²) in [6, 6.07) is 1.28. The Morgan fingerprint density at radius 2 is 2.10 bits per heavy atom. The molecular weight excluding hydrogens is 456 g/mol. The average Bonchev–Trinajstić information content (AvgIpc) is 3.16. The van der Waals surface area contributed by atoms with Crippen LogP contribution >= 0.6 is 15.9 Å². The maximum atomic E-state index is 12.6. The monoisotopic (exact) mass is 474 g/mol. The molecular formula is C18H19BrN8O3. The molecule has 30 heavy (non-hydrogen) atoms. The van der Waals surface area contributed by atoms with Gasteiger partial charge in [-0.2, -0.15) is 0 Å². The Labute approximate surface area is 179 Å². The molecule has 1 aliphatic heterocycles. The van der Waals surface area contributed by atoms with Crippen molar-refractivity contribution in [2.24, 2.45) is 5.84 Å². The summed E-state index contributed by atoms with van der Waals surface area (Å²) in [5, 5.41) is 13.6. The highest BCUT2D eigenvalue weighted by Gasteiger charge is 2.29. The Balaban J connectivity index is 1.70. The lowest BCUT2D eigenvalue weighted by Gasteiger charge is -2.38. The van der Waals surface area contributed by atoms with Gasteiger partial charge in [-0.15, -0.1) is 0 Å². The van der Waals surface area contributed by atoms with Crippen molar-refractivity contribution >= 4 is 50.3 Å². The van der Waals surface area contributed by atoms with Crippen LogP contribution in [-0.2, 0) is 0 Å². The highest BCUT2D eigenvalue weighted by atomic mass is 79.9. The number of carbonyl (C=O) groups excluding carboxylic acids is 1. The Morgan fingerprint density at radius 3 is 2.83 bits per heavy atom. The van der Waals surface area contributed by atoms with Crippen LogP contribution in [0.5, 0.6) is 0 Å². The minimum atomic E-state index is -1.17. The standard InChI is InChI=1S/C18H19BrN8O3/c19-11-7-23-15-13(12(8-24-15)25-17(28)16-21-4-2-5-22-16)14(11)26-6-1-3-10(9-26)27(20)18(29)30/h2,4-5,7-8,10H,1,3,6,9,20H2,(H,23,24)(H,25,28)(H,29,30)/t10-/m1/s1. The van der Waals surface area contributed by atoms with Crippen molar-refractivity contribution in [3.05, 3.63) is 41.2 Å². The number of nitrogens with one attached hydrogen (secondary N) is 2.